The molecule has 0 heterocycles. The van der Waals surface area contributed by atoms with Crippen LogP contribution in [0.1, 0.15) is 16.8 Å². The number of methoxy groups -OCH3 is 1. The molecule has 6 heteroatoms. The molecule has 1 rings (SSSR count). The monoisotopic (exact) mass is 287 g/mol. The van der Waals surface area contributed by atoms with Crippen molar-refractivity contribution in [2.24, 2.45) is 0 Å². The second-order valence-electron chi connectivity index (χ2n) is 3.79. The number of alkyl halides is 1. The Labute approximate surface area is 117 Å². The molecule has 0 fully saturated rings. The standard InChI is InChI=1S/C13H18ClNO4/c1-18-10-3-4-11(12(16)9-10)13(17)15-6-2-7-19-8-5-14/h3-4,9,16H,2,5-8H2,1H3,(H,15,17). The molecule has 0 bridgehead atoms. The molecule has 0 aliphatic carbocycles. The lowest BCUT2D eigenvalue weighted by atomic mass is 10.2. The van der Waals surface area contributed by atoms with Crippen molar-refractivity contribution in [3.8, 4) is 11.5 Å². The first kappa shape index (κ1) is 15.6. The highest BCUT2D eigenvalue weighted by molar-refractivity contribution is 6.17. The Kier molecular flexibility index (Phi) is 7.07. The molecule has 5 nitrogen and oxygen atoms in total. The third kappa shape index (κ3) is 5.36. The normalized spacial score (nSPS) is 10.2. The van der Waals surface area contributed by atoms with Crippen molar-refractivity contribution >= 4 is 17.5 Å². The van der Waals surface area contributed by atoms with E-state index in [0.29, 0.717) is 37.8 Å². The van der Waals surface area contributed by atoms with Crippen molar-refractivity contribution in [1.82, 2.24) is 5.32 Å². The largest absolute Gasteiger partial charge is 0.507 e. The topological polar surface area (TPSA) is 67.8 Å². The zero-order valence-corrected chi connectivity index (χ0v) is 11.6. The van der Waals surface area contributed by atoms with E-state index in [2.05, 4.69) is 5.32 Å². The Hall–Kier alpha value is -1.46. The number of hydrogen-bond donors (Lipinski definition) is 2. The van der Waals surface area contributed by atoms with E-state index in [4.69, 9.17) is 21.1 Å². The van der Waals surface area contributed by atoms with Gasteiger partial charge in [0.15, 0.2) is 0 Å². The number of amides is 1. The SMILES string of the molecule is COc1ccc(C(=O)NCCCOCCCl)c(O)c1. The minimum atomic E-state index is -0.322. The number of phenols is 1. The number of carbonyl (C=O) groups excluding carboxylic acids is 1. The molecule has 19 heavy (non-hydrogen) atoms. The fraction of sp³-hybridized carbons (Fsp3) is 0.462. The number of nitrogens with one attached hydrogen (secondary N) is 1. The van der Waals surface area contributed by atoms with Crippen LogP contribution in [0, 0.1) is 0 Å². The van der Waals surface area contributed by atoms with Crippen molar-refractivity contribution in [2.45, 2.75) is 6.42 Å². The maximum absolute atomic E-state index is 11.8. The van der Waals surface area contributed by atoms with Crippen molar-refractivity contribution in [3.63, 3.8) is 0 Å². The zero-order valence-electron chi connectivity index (χ0n) is 10.8. The summed E-state index contributed by atoms with van der Waals surface area (Å²) in [5.74, 6) is 0.544. The van der Waals surface area contributed by atoms with Crippen molar-refractivity contribution < 1.29 is 19.4 Å². The molecule has 106 valence electrons. The molecule has 0 atom stereocenters. The maximum Gasteiger partial charge on any atom is 0.255 e. The van der Waals surface area contributed by atoms with E-state index >= 15 is 0 Å². The van der Waals surface area contributed by atoms with E-state index in [1.54, 1.807) is 6.07 Å². The van der Waals surface area contributed by atoms with Gasteiger partial charge in [-0.25, -0.2) is 0 Å². The van der Waals surface area contributed by atoms with Crippen LogP contribution in [0.25, 0.3) is 0 Å². The summed E-state index contributed by atoms with van der Waals surface area (Å²) in [6.45, 7) is 1.53. The van der Waals surface area contributed by atoms with E-state index in [-0.39, 0.29) is 17.2 Å². The lowest BCUT2D eigenvalue weighted by molar-refractivity contribution is 0.0942. The predicted octanol–water partition coefficient (Wildman–Crippen LogP) is 1.78. The summed E-state index contributed by atoms with van der Waals surface area (Å²) in [4.78, 5) is 11.8. The molecule has 0 aromatic heterocycles. The van der Waals surface area contributed by atoms with Crippen LogP contribution in [0.2, 0.25) is 0 Å². The molecule has 1 amide bonds. The average Bonchev–Trinajstić information content (AvgIpc) is 2.42. The van der Waals surface area contributed by atoms with Crippen molar-refractivity contribution in [2.75, 3.05) is 32.7 Å². The first-order valence-corrected chi connectivity index (χ1v) is 6.51. The Morgan fingerprint density at radius 1 is 1.42 bits per heavy atom. The Bertz CT molecular complexity index is 412. The number of phenolic OH excluding ortho intramolecular Hbond substituents is 1. The van der Waals surface area contributed by atoms with Gasteiger partial charge in [0.05, 0.1) is 19.3 Å². The van der Waals surface area contributed by atoms with Crippen molar-refractivity contribution in [1.29, 1.82) is 0 Å². The maximum atomic E-state index is 11.8. The molecule has 1 aromatic rings. The Balaban J connectivity index is 2.37. The number of aromatic hydroxyl groups is 1. The number of hydrogen-bond acceptors (Lipinski definition) is 4. The fourth-order valence-electron chi connectivity index (χ4n) is 1.46. The van der Waals surface area contributed by atoms with Gasteiger partial charge >= 0.3 is 0 Å². The molecule has 0 saturated heterocycles. The van der Waals surface area contributed by atoms with Crippen molar-refractivity contribution in [3.05, 3.63) is 23.8 Å². The summed E-state index contributed by atoms with van der Waals surface area (Å²) in [7, 11) is 1.50. The molecule has 0 unspecified atom stereocenters. The second-order valence-corrected chi connectivity index (χ2v) is 4.17. The van der Waals surface area contributed by atoms with E-state index in [9.17, 15) is 9.90 Å². The molecule has 0 saturated carbocycles. The highest BCUT2D eigenvalue weighted by Crippen LogP contribution is 2.23. The van der Waals surface area contributed by atoms with E-state index in [1.165, 1.54) is 19.2 Å². The highest BCUT2D eigenvalue weighted by atomic mass is 35.5. The van der Waals surface area contributed by atoms with Gasteiger partial charge in [0, 0.05) is 25.1 Å². The first-order chi connectivity index (χ1) is 9.19. The molecule has 0 spiro atoms. The minimum Gasteiger partial charge on any atom is -0.507 e. The van der Waals surface area contributed by atoms with E-state index in [0.717, 1.165) is 0 Å². The third-order valence-electron chi connectivity index (χ3n) is 2.42. The van der Waals surface area contributed by atoms with Gasteiger partial charge in [-0.3, -0.25) is 4.79 Å². The summed E-state index contributed by atoms with van der Waals surface area (Å²) in [5, 5.41) is 12.4. The number of halogens is 1. The Morgan fingerprint density at radius 3 is 2.84 bits per heavy atom. The third-order valence-corrected chi connectivity index (χ3v) is 2.58. The zero-order chi connectivity index (χ0) is 14.1. The average molecular weight is 288 g/mol. The smallest absolute Gasteiger partial charge is 0.255 e. The summed E-state index contributed by atoms with van der Waals surface area (Å²) in [6.07, 6.45) is 0.694. The number of ether oxygens (including phenoxy) is 2. The second kappa shape index (κ2) is 8.61. The molecule has 0 aliphatic rings. The molecule has 0 radical (unpaired) electrons. The molecular weight excluding hydrogens is 270 g/mol. The quantitative estimate of drug-likeness (QED) is 0.565. The molecule has 0 aliphatic heterocycles. The van der Waals surface area contributed by atoms with Gasteiger partial charge in [-0.2, -0.15) is 0 Å². The summed E-state index contributed by atoms with van der Waals surface area (Å²) >= 11 is 5.45. The van der Waals surface area contributed by atoms with E-state index in [1.807, 2.05) is 0 Å². The van der Waals surface area contributed by atoms with Gasteiger partial charge in [0.1, 0.15) is 11.5 Å². The van der Waals surface area contributed by atoms with Crippen LogP contribution >= 0.6 is 11.6 Å². The van der Waals surface area contributed by atoms with Crippen LogP contribution in [0.4, 0.5) is 0 Å². The molecular formula is C13H18ClNO4. The number of benzene rings is 1. The molecule has 2 N–H and O–H groups in total. The highest BCUT2D eigenvalue weighted by Gasteiger charge is 2.11. The van der Waals surface area contributed by atoms with Gasteiger partial charge in [-0.1, -0.05) is 0 Å². The summed E-state index contributed by atoms with van der Waals surface area (Å²) in [6, 6.07) is 4.55. The van der Waals surface area contributed by atoms with Gasteiger partial charge in [0.25, 0.3) is 5.91 Å². The van der Waals surface area contributed by atoms with Crippen LogP contribution in [0.5, 0.6) is 11.5 Å². The van der Waals surface area contributed by atoms with Gasteiger partial charge in [-0.15, -0.1) is 11.6 Å². The predicted molar refractivity (Wildman–Crippen MR) is 73.1 cm³/mol. The van der Waals surface area contributed by atoms with Gasteiger partial charge in [-0.05, 0) is 18.6 Å². The Morgan fingerprint density at radius 2 is 2.21 bits per heavy atom. The van der Waals surface area contributed by atoms with Crippen LogP contribution < -0.4 is 10.1 Å². The molecule has 1 aromatic carbocycles. The van der Waals surface area contributed by atoms with Crippen LogP contribution in [0.3, 0.4) is 0 Å². The summed E-state index contributed by atoms with van der Waals surface area (Å²) < 4.78 is 10.1. The lowest BCUT2D eigenvalue weighted by Gasteiger charge is -2.08. The fourth-order valence-corrected chi connectivity index (χ4v) is 1.57. The van der Waals surface area contributed by atoms with Gasteiger partial charge < -0.3 is 19.9 Å². The summed E-state index contributed by atoms with van der Waals surface area (Å²) in [5.41, 5.74) is 0.225. The number of carbonyl (C=O) groups is 1. The first-order valence-electron chi connectivity index (χ1n) is 5.98. The minimum absolute atomic E-state index is 0.102. The van der Waals surface area contributed by atoms with E-state index < -0.39 is 0 Å². The lowest BCUT2D eigenvalue weighted by Crippen LogP contribution is -2.25. The van der Waals surface area contributed by atoms with Gasteiger partial charge in [0.2, 0.25) is 0 Å². The van der Waals surface area contributed by atoms with Crippen LogP contribution in [0.15, 0.2) is 18.2 Å². The van der Waals surface area contributed by atoms with Crippen LogP contribution in [-0.4, -0.2) is 43.8 Å². The van der Waals surface area contributed by atoms with Crippen LogP contribution in [-0.2, 0) is 4.74 Å². The number of rotatable bonds is 8.